The number of ether oxygens (including phenoxy) is 1. The van der Waals surface area contributed by atoms with E-state index in [-0.39, 0.29) is 4.88 Å². The summed E-state index contributed by atoms with van der Waals surface area (Å²) < 4.78 is 82.0. The van der Waals surface area contributed by atoms with Crippen LogP contribution in [0, 0.1) is 5.82 Å². The number of aromatic nitrogens is 1. The zero-order valence-electron chi connectivity index (χ0n) is 13.3. The van der Waals surface area contributed by atoms with Gasteiger partial charge in [0.2, 0.25) is 0 Å². The molecule has 3 aromatic rings. The van der Waals surface area contributed by atoms with Gasteiger partial charge in [-0.05, 0) is 34.1 Å². The van der Waals surface area contributed by atoms with E-state index in [0.29, 0.717) is 26.7 Å². The minimum Gasteiger partial charge on any atom is -0.403 e. The lowest BCUT2D eigenvalue weighted by Crippen LogP contribution is -2.31. The Balaban J connectivity index is 1.92. The van der Waals surface area contributed by atoms with E-state index in [2.05, 4.69) is 25.7 Å². The summed E-state index contributed by atoms with van der Waals surface area (Å²) in [6, 6.07) is 3.57. The molecule has 6 nitrogen and oxygen atoms in total. The number of carbonyl (C=O) groups excluding carboxylic acids is 1. The molecular formula is C15H7BrF4N2O4S2. The molecule has 2 aromatic heterocycles. The van der Waals surface area contributed by atoms with Gasteiger partial charge >= 0.3 is 6.36 Å². The molecule has 0 spiro atoms. The molecule has 0 fully saturated rings. The second-order valence-corrected chi connectivity index (χ2v) is 8.78. The number of halogens is 5. The standard InChI is InChI=1S/C15H7BrF4N2O4S2/c16-8-5-21-6-11-7(8)4-10(27-11)14(23)22-28(24,25)12-3-1-2-9(13(12)17)26-15(18,19)20/h1-6H,(H,22,23). The first-order chi connectivity index (χ1) is 13.0. The first-order valence-electron chi connectivity index (χ1n) is 7.12. The molecule has 1 N–H and O–H groups in total. The number of fused-ring (bicyclic) bond motifs is 1. The van der Waals surface area contributed by atoms with Crippen molar-refractivity contribution in [1.82, 2.24) is 9.71 Å². The third-order valence-electron chi connectivity index (χ3n) is 3.29. The van der Waals surface area contributed by atoms with Gasteiger partial charge < -0.3 is 4.74 Å². The van der Waals surface area contributed by atoms with Crippen molar-refractivity contribution in [2.45, 2.75) is 11.3 Å². The topological polar surface area (TPSA) is 85.4 Å². The van der Waals surface area contributed by atoms with E-state index in [1.807, 2.05) is 0 Å². The Morgan fingerprint density at radius 2 is 1.96 bits per heavy atom. The van der Waals surface area contributed by atoms with Crippen LogP contribution in [0.4, 0.5) is 17.6 Å². The number of sulfonamides is 1. The lowest BCUT2D eigenvalue weighted by molar-refractivity contribution is -0.275. The van der Waals surface area contributed by atoms with Crippen molar-refractivity contribution in [2.75, 3.05) is 0 Å². The van der Waals surface area contributed by atoms with Crippen LogP contribution in [0.5, 0.6) is 5.75 Å². The number of alkyl halides is 3. The zero-order chi connectivity index (χ0) is 20.7. The highest BCUT2D eigenvalue weighted by molar-refractivity contribution is 9.10. The summed E-state index contributed by atoms with van der Waals surface area (Å²) in [5.74, 6) is -4.18. The Labute approximate surface area is 167 Å². The Kier molecular flexibility index (Phi) is 5.34. The number of nitrogens with zero attached hydrogens (tertiary/aromatic N) is 1. The van der Waals surface area contributed by atoms with E-state index in [1.54, 1.807) is 4.72 Å². The first kappa shape index (κ1) is 20.5. The van der Waals surface area contributed by atoms with Crippen LogP contribution in [-0.4, -0.2) is 25.7 Å². The average molecular weight is 499 g/mol. The molecule has 0 unspecified atom stereocenters. The molecule has 148 valence electrons. The molecule has 28 heavy (non-hydrogen) atoms. The number of pyridine rings is 1. The van der Waals surface area contributed by atoms with Gasteiger partial charge in [0.25, 0.3) is 15.9 Å². The number of hydrogen-bond donors (Lipinski definition) is 1. The van der Waals surface area contributed by atoms with Crippen molar-refractivity contribution in [3.8, 4) is 5.75 Å². The molecule has 0 aliphatic rings. The number of amides is 1. The number of carbonyl (C=O) groups is 1. The molecule has 0 bridgehead atoms. The second kappa shape index (κ2) is 7.29. The van der Waals surface area contributed by atoms with Crippen LogP contribution in [-0.2, 0) is 10.0 Å². The Hall–Kier alpha value is -2.25. The molecular weight excluding hydrogens is 492 g/mol. The number of hydrogen-bond acceptors (Lipinski definition) is 6. The van der Waals surface area contributed by atoms with Gasteiger partial charge in [-0.3, -0.25) is 9.78 Å². The summed E-state index contributed by atoms with van der Waals surface area (Å²) in [6.45, 7) is 0. The minimum absolute atomic E-state index is 0.0182. The van der Waals surface area contributed by atoms with Gasteiger partial charge in [-0.25, -0.2) is 17.5 Å². The third-order valence-corrected chi connectivity index (χ3v) is 6.34. The predicted octanol–water partition coefficient (Wildman–Crippen LogP) is 4.22. The normalized spacial score (nSPS) is 12.2. The van der Waals surface area contributed by atoms with Crippen LogP contribution in [0.2, 0.25) is 0 Å². The van der Waals surface area contributed by atoms with E-state index >= 15 is 0 Å². The fourth-order valence-electron chi connectivity index (χ4n) is 2.17. The smallest absolute Gasteiger partial charge is 0.403 e. The fraction of sp³-hybridized carbons (Fsp3) is 0.0667. The largest absolute Gasteiger partial charge is 0.573 e. The van der Waals surface area contributed by atoms with Crippen LogP contribution in [0.1, 0.15) is 9.67 Å². The Morgan fingerprint density at radius 3 is 2.61 bits per heavy atom. The molecule has 0 atom stereocenters. The quantitative estimate of drug-likeness (QED) is 0.544. The first-order valence-corrected chi connectivity index (χ1v) is 10.2. The van der Waals surface area contributed by atoms with Crippen LogP contribution in [0.3, 0.4) is 0 Å². The monoisotopic (exact) mass is 498 g/mol. The van der Waals surface area contributed by atoms with Crippen LogP contribution < -0.4 is 9.46 Å². The van der Waals surface area contributed by atoms with Gasteiger partial charge in [0.1, 0.15) is 4.90 Å². The Bertz CT molecular complexity index is 1180. The molecule has 1 amide bonds. The lowest BCUT2D eigenvalue weighted by Gasteiger charge is -2.12. The maximum atomic E-state index is 14.2. The van der Waals surface area contributed by atoms with E-state index in [4.69, 9.17) is 0 Å². The highest BCUT2D eigenvalue weighted by Crippen LogP contribution is 2.32. The van der Waals surface area contributed by atoms with Crippen molar-refractivity contribution in [3.63, 3.8) is 0 Å². The summed E-state index contributed by atoms with van der Waals surface area (Å²) in [4.78, 5) is 15.0. The van der Waals surface area contributed by atoms with Crippen molar-refractivity contribution >= 4 is 53.3 Å². The van der Waals surface area contributed by atoms with Gasteiger partial charge in [-0.1, -0.05) is 6.07 Å². The molecule has 0 radical (unpaired) electrons. The van der Waals surface area contributed by atoms with Crippen molar-refractivity contribution in [1.29, 1.82) is 0 Å². The summed E-state index contributed by atoms with van der Waals surface area (Å²) in [5.41, 5.74) is 0. The molecule has 0 aliphatic heterocycles. The van der Waals surface area contributed by atoms with Gasteiger partial charge in [-0.15, -0.1) is 24.5 Å². The SMILES string of the molecule is O=C(NS(=O)(=O)c1cccc(OC(F)(F)F)c1F)c1cc2c(Br)cncc2s1. The van der Waals surface area contributed by atoms with Gasteiger partial charge in [0, 0.05) is 22.3 Å². The summed E-state index contributed by atoms with van der Waals surface area (Å²) >= 11 is 4.17. The predicted molar refractivity (Wildman–Crippen MR) is 95.1 cm³/mol. The lowest BCUT2D eigenvalue weighted by atomic mass is 10.3. The third kappa shape index (κ3) is 4.25. The highest BCUT2D eigenvalue weighted by atomic mass is 79.9. The van der Waals surface area contributed by atoms with E-state index in [1.165, 1.54) is 18.5 Å². The molecule has 0 saturated carbocycles. The average Bonchev–Trinajstić information content (AvgIpc) is 3.01. The van der Waals surface area contributed by atoms with Gasteiger partial charge in [-0.2, -0.15) is 0 Å². The maximum absolute atomic E-state index is 14.2. The Morgan fingerprint density at radius 1 is 1.25 bits per heavy atom. The van der Waals surface area contributed by atoms with E-state index in [0.717, 1.165) is 17.4 Å². The van der Waals surface area contributed by atoms with Crippen LogP contribution in [0.25, 0.3) is 10.1 Å². The van der Waals surface area contributed by atoms with Crippen molar-refractivity contribution in [3.05, 3.63) is 51.8 Å². The summed E-state index contributed by atoms with van der Waals surface area (Å²) in [5, 5.41) is 0.606. The zero-order valence-corrected chi connectivity index (χ0v) is 16.5. The van der Waals surface area contributed by atoms with Crippen molar-refractivity contribution < 1.29 is 35.5 Å². The minimum atomic E-state index is -5.22. The van der Waals surface area contributed by atoms with Gasteiger partial charge in [0.05, 0.1) is 9.58 Å². The molecule has 2 heterocycles. The molecule has 13 heteroatoms. The van der Waals surface area contributed by atoms with Crippen LogP contribution >= 0.6 is 27.3 Å². The number of thiophene rings is 1. The highest BCUT2D eigenvalue weighted by Gasteiger charge is 2.34. The number of rotatable bonds is 4. The van der Waals surface area contributed by atoms with Crippen molar-refractivity contribution in [2.24, 2.45) is 0 Å². The summed E-state index contributed by atoms with van der Waals surface area (Å²) in [6.07, 6.45) is -2.27. The number of benzene rings is 1. The fourth-order valence-corrected chi connectivity index (χ4v) is 4.82. The molecule has 0 saturated heterocycles. The molecule has 1 aromatic carbocycles. The second-order valence-electron chi connectivity index (χ2n) is 5.19. The van der Waals surface area contributed by atoms with E-state index < -0.39 is 38.8 Å². The van der Waals surface area contributed by atoms with Crippen LogP contribution in [0.15, 0.2) is 46.0 Å². The summed E-state index contributed by atoms with van der Waals surface area (Å²) in [7, 11) is -4.81. The maximum Gasteiger partial charge on any atom is 0.573 e. The molecule has 0 aliphatic carbocycles. The number of nitrogens with one attached hydrogen (secondary N) is 1. The molecule has 3 rings (SSSR count). The van der Waals surface area contributed by atoms with E-state index in [9.17, 15) is 30.8 Å². The van der Waals surface area contributed by atoms with Gasteiger partial charge in [0.15, 0.2) is 11.6 Å².